The average molecular weight is 112 g/mol. The van der Waals surface area contributed by atoms with Gasteiger partial charge in [0.25, 0.3) is 0 Å². The van der Waals surface area contributed by atoms with E-state index >= 15 is 0 Å². The average Bonchev–Trinajstić information content (AvgIpc) is 2.30. The Morgan fingerprint density at radius 2 is 2.14 bits per heavy atom. The van der Waals surface area contributed by atoms with Gasteiger partial charge in [-0.05, 0) is 18.8 Å². The van der Waals surface area contributed by atoms with E-state index in [9.17, 15) is 0 Å². The third kappa shape index (κ3) is 0.122. The summed E-state index contributed by atoms with van der Waals surface area (Å²) < 4.78 is 1.74. The summed E-state index contributed by atoms with van der Waals surface area (Å²) in [5.74, 6) is 2.27. The van der Waals surface area contributed by atoms with Crippen LogP contribution in [-0.2, 0) is 0 Å². The van der Waals surface area contributed by atoms with Gasteiger partial charge in [-0.15, -0.1) is 11.8 Å². The molecule has 2 aliphatic carbocycles. The molecule has 4 unspecified atom stereocenters. The van der Waals surface area contributed by atoms with E-state index in [1.165, 1.54) is 5.92 Å². The molecule has 3 fully saturated rings. The highest BCUT2D eigenvalue weighted by atomic mass is 32.2. The van der Waals surface area contributed by atoms with Crippen LogP contribution in [0, 0.1) is 11.8 Å². The van der Waals surface area contributed by atoms with Crippen molar-refractivity contribution in [3.05, 3.63) is 0 Å². The Morgan fingerprint density at radius 1 is 1.57 bits per heavy atom. The zero-order valence-electron chi connectivity index (χ0n) is 4.56. The highest BCUT2D eigenvalue weighted by Crippen LogP contribution is 3.05. The summed E-state index contributed by atoms with van der Waals surface area (Å²) in [4.78, 5) is 0. The molecule has 0 aromatic carbocycles. The predicted molar refractivity (Wildman–Crippen MR) is 31.4 cm³/mol. The number of fused-ring (bicyclic) bond motifs is 1. The van der Waals surface area contributed by atoms with Crippen molar-refractivity contribution < 1.29 is 0 Å². The monoisotopic (exact) mass is 112 g/mol. The van der Waals surface area contributed by atoms with Crippen molar-refractivity contribution in [1.29, 1.82) is 0 Å². The van der Waals surface area contributed by atoms with Crippen molar-refractivity contribution in [3.8, 4) is 0 Å². The normalized spacial score (nSPS) is 90.0. The summed E-state index contributed by atoms with van der Waals surface area (Å²) in [6, 6.07) is 0. The van der Waals surface area contributed by atoms with Gasteiger partial charge < -0.3 is 0 Å². The van der Waals surface area contributed by atoms with Gasteiger partial charge in [0.1, 0.15) is 0 Å². The van der Waals surface area contributed by atoms with Crippen LogP contribution in [0.2, 0.25) is 0 Å². The van der Waals surface area contributed by atoms with Gasteiger partial charge in [-0.3, -0.25) is 0 Å². The highest BCUT2D eigenvalue weighted by molar-refractivity contribution is 8.12. The van der Waals surface area contributed by atoms with E-state index in [0.717, 1.165) is 15.4 Å². The maximum absolute atomic E-state index is 2.41. The smallest absolute Gasteiger partial charge is 0.0387 e. The molecule has 0 aromatic rings. The van der Waals surface area contributed by atoms with E-state index in [2.05, 4.69) is 25.6 Å². The van der Waals surface area contributed by atoms with Gasteiger partial charge in [0.15, 0.2) is 0 Å². The largest absolute Gasteiger partial charge is 0.145 e. The van der Waals surface area contributed by atoms with Gasteiger partial charge in [-0.25, -0.2) is 0 Å². The fourth-order valence-corrected chi connectivity index (χ4v) is 4.60. The number of hydrogen-bond acceptors (Lipinski definition) is 1. The highest BCUT2D eigenvalue weighted by Gasteiger charge is 3.05. The van der Waals surface area contributed by atoms with Gasteiger partial charge in [0.2, 0.25) is 0 Å². The number of hydrogen-bond donors (Lipinski definition) is 0. The lowest BCUT2D eigenvalue weighted by atomic mass is 10.1. The molecule has 4 atom stereocenters. The first-order chi connectivity index (χ1) is 3.23. The Balaban J connectivity index is 2.12. The molecule has 1 spiro atoms. The lowest BCUT2D eigenvalue weighted by Crippen LogP contribution is -1.99. The van der Waals surface area contributed by atoms with Gasteiger partial charge in [0.05, 0.1) is 0 Å². The fraction of sp³-hybridized carbons (Fsp3) is 1.00. The van der Waals surface area contributed by atoms with E-state index in [1.807, 2.05) is 0 Å². The standard InChI is InChI=1S/C6H8S/c1-3-4-5(2)6(3,4)7-5/h3-4H,1-2H3. The van der Waals surface area contributed by atoms with Crippen LogP contribution in [-0.4, -0.2) is 9.49 Å². The first kappa shape index (κ1) is 3.39. The summed E-state index contributed by atoms with van der Waals surface area (Å²) in [7, 11) is 0. The van der Waals surface area contributed by atoms with E-state index in [0.29, 0.717) is 0 Å². The van der Waals surface area contributed by atoms with Gasteiger partial charge in [0, 0.05) is 9.49 Å². The Labute approximate surface area is 47.7 Å². The third-order valence-electron chi connectivity index (χ3n) is 3.15. The maximum atomic E-state index is 2.41. The summed E-state index contributed by atoms with van der Waals surface area (Å²) in [6.45, 7) is 4.79. The molecular weight excluding hydrogens is 104 g/mol. The van der Waals surface area contributed by atoms with Gasteiger partial charge >= 0.3 is 0 Å². The molecule has 1 aliphatic heterocycles. The zero-order chi connectivity index (χ0) is 4.86. The predicted octanol–water partition coefficient (Wildman–Crippen LogP) is 1.51. The molecule has 1 heteroatoms. The van der Waals surface area contributed by atoms with Crippen LogP contribution in [0.15, 0.2) is 0 Å². The van der Waals surface area contributed by atoms with Crippen molar-refractivity contribution in [3.63, 3.8) is 0 Å². The number of rotatable bonds is 0. The topological polar surface area (TPSA) is 0 Å². The van der Waals surface area contributed by atoms with E-state index in [1.54, 1.807) is 0 Å². The Hall–Kier alpha value is 0.350. The quantitative estimate of drug-likeness (QED) is 0.428. The molecule has 0 aromatic heterocycles. The first-order valence-electron chi connectivity index (χ1n) is 2.93. The lowest BCUT2D eigenvalue weighted by molar-refractivity contribution is 0.647. The minimum Gasteiger partial charge on any atom is -0.145 e. The Bertz CT molecular complexity index is 166. The Kier molecular flexibility index (Phi) is 0.235. The van der Waals surface area contributed by atoms with E-state index in [-0.39, 0.29) is 0 Å². The molecule has 0 radical (unpaired) electrons. The van der Waals surface area contributed by atoms with Crippen LogP contribution in [0.5, 0.6) is 0 Å². The molecule has 1 saturated heterocycles. The second kappa shape index (κ2) is 0.485. The fourth-order valence-electron chi connectivity index (χ4n) is 2.47. The van der Waals surface area contributed by atoms with Crippen LogP contribution >= 0.6 is 11.8 Å². The molecule has 0 bridgehead atoms. The number of thioether (sulfide) groups is 1. The van der Waals surface area contributed by atoms with Crippen molar-refractivity contribution in [2.75, 3.05) is 0 Å². The molecule has 1 heterocycles. The summed E-state index contributed by atoms with van der Waals surface area (Å²) >= 11 is 2.21. The SMILES string of the molecule is CC1C2C3(C)SC123. The summed E-state index contributed by atoms with van der Waals surface area (Å²) in [5, 5.41) is 0. The van der Waals surface area contributed by atoms with Crippen LogP contribution < -0.4 is 0 Å². The van der Waals surface area contributed by atoms with E-state index in [4.69, 9.17) is 0 Å². The second-order valence-corrected chi connectivity index (χ2v) is 5.00. The van der Waals surface area contributed by atoms with Crippen LogP contribution in [0.4, 0.5) is 0 Å². The van der Waals surface area contributed by atoms with Crippen molar-refractivity contribution in [2.24, 2.45) is 11.8 Å². The lowest BCUT2D eigenvalue weighted by Gasteiger charge is -1.94. The maximum Gasteiger partial charge on any atom is 0.0387 e. The van der Waals surface area contributed by atoms with Crippen molar-refractivity contribution in [1.82, 2.24) is 0 Å². The first-order valence-corrected chi connectivity index (χ1v) is 3.75. The Morgan fingerprint density at radius 3 is 2.14 bits per heavy atom. The van der Waals surface area contributed by atoms with Crippen LogP contribution in [0.25, 0.3) is 0 Å². The van der Waals surface area contributed by atoms with Gasteiger partial charge in [-0.1, -0.05) is 6.92 Å². The van der Waals surface area contributed by atoms with Crippen LogP contribution in [0.3, 0.4) is 0 Å². The van der Waals surface area contributed by atoms with Crippen molar-refractivity contribution in [2.45, 2.75) is 23.3 Å². The van der Waals surface area contributed by atoms with Crippen molar-refractivity contribution >= 4 is 11.8 Å². The molecule has 38 valence electrons. The molecule has 3 aliphatic rings. The molecule has 3 rings (SSSR count). The molecule has 0 amide bonds. The molecule has 0 N–H and O–H groups in total. The van der Waals surface area contributed by atoms with Crippen LogP contribution in [0.1, 0.15) is 13.8 Å². The molecule has 0 nitrogen and oxygen atoms in total. The minimum absolute atomic E-state index is 0.840. The molecular formula is C6H8S. The summed E-state index contributed by atoms with van der Waals surface area (Å²) in [5.41, 5.74) is 0. The molecule has 7 heavy (non-hydrogen) atoms. The van der Waals surface area contributed by atoms with E-state index < -0.39 is 0 Å². The molecule has 2 saturated carbocycles. The minimum atomic E-state index is 0.840. The van der Waals surface area contributed by atoms with Gasteiger partial charge in [-0.2, -0.15) is 0 Å². The third-order valence-corrected chi connectivity index (χ3v) is 5.35. The zero-order valence-corrected chi connectivity index (χ0v) is 5.38. The summed E-state index contributed by atoms with van der Waals surface area (Å²) in [6.07, 6.45) is 0. The second-order valence-electron chi connectivity index (χ2n) is 3.27.